The lowest BCUT2D eigenvalue weighted by molar-refractivity contribution is 0.321. The minimum absolute atomic E-state index is 0.360. The molecule has 1 saturated carbocycles. The van der Waals surface area contributed by atoms with Crippen molar-refractivity contribution in [3.05, 3.63) is 29.7 Å². The molecule has 0 bridgehead atoms. The molecule has 0 amide bonds. The van der Waals surface area contributed by atoms with Crippen molar-refractivity contribution in [3.63, 3.8) is 0 Å². The van der Waals surface area contributed by atoms with Crippen LogP contribution in [0.25, 0.3) is 10.9 Å². The number of nitriles is 1. The van der Waals surface area contributed by atoms with E-state index < -0.39 is 5.82 Å². The van der Waals surface area contributed by atoms with Gasteiger partial charge in [-0.25, -0.2) is 4.39 Å². The van der Waals surface area contributed by atoms with Gasteiger partial charge in [0.15, 0.2) is 11.6 Å². The van der Waals surface area contributed by atoms with Gasteiger partial charge in [0.2, 0.25) is 0 Å². The van der Waals surface area contributed by atoms with Crippen LogP contribution in [0, 0.1) is 17.1 Å². The standard InChI is InChI=1S/C13H11FN2O/c14-11-4-10-8(6-15)7-16(9-2-1-3-9)12(10)5-13(11)17/h4-5,7,9,17H,1-3H2. The largest absolute Gasteiger partial charge is 0.505 e. The normalized spacial score (nSPS) is 15.8. The number of aromatic nitrogens is 1. The van der Waals surface area contributed by atoms with Gasteiger partial charge in [-0.15, -0.1) is 0 Å². The number of phenolic OH excluding ortho intramolecular Hbond substituents is 1. The van der Waals surface area contributed by atoms with Crippen molar-refractivity contribution in [3.8, 4) is 11.8 Å². The molecular weight excluding hydrogens is 219 g/mol. The number of hydrogen-bond acceptors (Lipinski definition) is 2. The maximum Gasteiger partial charge on any atom is 0.165 e. The molecule has 0 atom stereocenters. The van der Waals surface area contributed by atoms with E-state index in [9.17, 15) is 9.50 Å². The Morgan fingerprint density at radius 1 is 1.41 bits per heavy atom. The molecule has 86 valence electrons. The van der Waals surface area contributed by atoms with E-state index in [-0.39, 0.29) is 5.75 Å². The molecule has 1 N–H and O–H groups in total. The summed E-state index contributed by atoms with van der Waals surface area (Å²) >= 11 is 0. The number of rotatable bonds is 1. The molecule has 0 unspecified atom stereocenters. The smallest absolute Gasteiger partial charge is 0.165 e. The molecule has 0 radical (unpaired) electrons. The summed E-state index contributed by atoms with van der Waals surface area (Å²) in [5.41, 5.74) is 1.20. The maximum absolute atomic E-state index is 13.3. The minimum Gasteiger partial charge on any atom is -0.505 e. The highest BCUT2D eigenvalue weighted by atomic mass is 19.1. The van der Waals surface area contributed by atoms with E-state index in [0.29, 0.717) is 17.0 Å². The predicted octanol–water partition coefficient (Wildman–Crippen LogP) is 3.08. The van der Waals surface area contributed by atoms with Crippen LogP contribution in [0.3, 0.4) is 0 Å². The Bertz CT molecular complexity index is 635. The van der Waals surface area contributed by atoms with E-state index >= 15 is 0 Å². The van der Waals surface area contributed by atoms with Crippen LogP contribution in [-0.2, 0) is 0 Å². The second kappa shape index (κ2) is 3.49. The molecule has 3 rings (SSSR count). The molecule has 0 aliphatic heterocycles. The van der Waals surface area contributed by atoms with Crippen molar-refractivity contribution in [2.24, 2.45) is 0 Å². The molecule has 1 aromatic carbocycles. The van der Waals surface area contributed by atoms with Crippen LogP contribution >= 0.6 is 0 Å². The van der Waals surface area contributed by atoms with Gasteiger partial charge in [-0.05, 0) is 25.3 Å². The van der Waals surface area contributed by atoms with E-state index in [1.165, 1.54) is 18.6 Å². The summed E-state index contributed by atoms with van der Waals surface area (Å²) in [6, 6.07) is 5.09. The fourth-order valence-electron chi connectivity index (χ4n) is 2.31. The lowest BCUT2D eigenvalue weighted by Gasteiger charge is -2.27. The van der Waals surface area contributed by atoms with Crippen molar-refractivity contribution in [1.82, 2.24) is 4.57 Å². The Labute approximate surface area is 97.7 Å². The van der Waals surface area contributed by atoms with E-state index in [1.807, 2.05) is 4.57 Å². The first-order valence-corrected chi connectivity index (χ1v) is 5.64. The molecule has 4 heteroatoms. The minimum atomic E-state index is -0.680. The topological polar surface area (TPSA) is 49.0 Å². The quantitative estimate of drug-likeness (QED) is 0.818. The molecule has 0 saturated heterocycles. The van der Waals surface area contributed by atoms with Gasteiger partial charge >= 0.3 is 0 Å². The van der Waals surface area contributed by atoms with Crippen molar-refractivity contribution in [1.29, 1.82) is 5.26 Å². The lowest BCUT2D eigenvalue weighted by atomic mass is 9.93. The van der Waals surface area contributed by atoms with E-state index in [2.05, 4.69) is 6.07 Å². The van der Waals surface area contributed by atoms with Gasteiger partial charge in [0.05, 0.1) is 11.1 Å². The summed E-state index contributed by atoms with van der Waals surface area (Å²) in [4.78, 5) is 0. The van der Waals surface area contributed by atoms with Crippen LogP contribution < -0.4 is 0 Å². The fourth-order valence-corrected chi connectivity index (χ4v) is 2.31. The first-order valence-electron chi connectivity index (χ1n) is 5.64. The monoisotopic (exact) mass is 230 g/mol. The van der Waals surface area contributed by atoms with Gasteiger partial charge in [0.1, 0.15) is 6.07 Å². The molecule has 1 heterocycles. The Morgan fingerprint density at radius 3 is 2.76 bits per heavy atom. The van der Waals surface area contributed by atoms with Crippen molar-refractivity contribution < 1.29 is 9.50 Å². The van der Waals surface area contributed by atoms with E-state index in [4.69, 9.17) is 5.26 Å². The summed E-state index contributed by atoms with van der Waals surface area (Å²) in [5, 5.41) is 19.0. The number of hydrogen-bond donors (Lipinski definition) is 1. The van der Waals surface area contributed by atoms with Crippen LogP contribution in [0.15, 0.2) is 18.3 Å². The Kier molecular flexibility index (Phi) is 2.08. The molecule has 1 aliphatic rings. The van der Waals surface area contributed by atoms with E-state index in [1.54, 1.807) is 6.20 Å². The van der Waals surface area contributed by atoms with Gasteiger partial charge in [-0.3, -0.25) is 0 Å². The zero-order valence-corrected chi connectivity index (χ0v) is 9.15. The third-order valence-corrected chi connectivity index (χ3v) is 3.49. The SMILES string of the molecule is N#Cc1cn(C2CCC2)c2cc(O)c(F)cc12. The predicted molar refractivity (Wildman–Crippen MR) is 61.2 cm³/mol. The Hall–Kier alpha value is -2.02. The average Bonchev–Trinajstić information content (AvgIpc) is 2.56. The molecule has 3 nitrogen and oxygen atoms in total. The van der Waals surface area contributed by atoms with Gasteiger partial charge in [0, 0.05) is 23.7 Å². The van der Waals surface area contributed by atoms with Crippen molar-refractivity contribution in [2.75, 3.05) is 0 Å². The van der Waals surface area contributed by atoms with E-state index in [0.717, 1.165) is 18.4 Å². The zero-order chi connectivity index (χ0) is 12.0. The number of fused-ring (bicyclic) bond motifs is 1. The molecule has 0 spiro atoms. The van der Waals surface area contributed by atoms with Gasteiger partial charge in [-0.2, -0.15) is 5.26 Å². The van der Waals surface area contributed by atoms with Crippen LogP contribution in [-0.4, -0.2) is 9.67 Å². The summed E-state index contributed by atoms with van der Waals surface area (Å²) < 4.78 is 15.3. The second-order valence-electron chi connectivity index (χ2n) is 4.47. The fraction of sp³-hybridized carbons (Fsp3) is 0.308. The number of halogens is 1. The summed E-state index contributed by atoms with van der Waals surface area (Å²) in [7, 11) is 0. The number of benzene rings is 1. The average molecular weight is 230 g/mol. The van der Waals surface area contributed by atoms with Gasteiger partial charge < -0.3 is 9.67 Å². The van der Waals surface area contributed by atoms with Gasteiger partial charge in [-0.1, -0.05) is 0 Å². The highest BCUT2D eigenvalue weighted by Crippen LogP contribution is 2.37. The van der Waals surface area contributed by atoms with Crippen molar-refractivity contribution in [2.45, 2.75) is 25.3 Å². The molecule has 1 aromatic heterocycles. The van der Waals surface area contributed by atoms with Gasteiger partial charge in [0.25, 0.3) is 0 Å². The molecule has 2 aromatic rings. The zero-order valence-electron chi connectivity index (χ0n) is 9.15. The Balaban J connectivity index is 2.29. The third-order valence-electron chi connectivity index (χ3n) is 3.49. The summed E-state index contributed by atoms with van der Waals surface area (Å²) in [6.45, 7) is 0. The number of phenols is 1. The highest BCUT2D eigenvalue weighted by Gasteiger charge is 2.23. The van der Waals surface area contributed by atoms with Crippen LogP contribution in [0.1, 0.15) is 30.9 Å². The lowest BCUT2D eigenvalue weighted by Crippen LogP contribution is -2.15. The van der Waals surface area contributed by atoms with Crippen LogP contribution in [0.4, 0.5) is 4.39 Å². The maximum atomic E-state index is 13.3. The highest BCUT2D eigenvalue weighted by molar-refractivity contribution is 5.87. The molecule has 1 aliphatic carbocycles. The van der Waals surface area contributed by atoms with Crippen molar-refractivity contribution >= 4 is 10.9 Å². The second-order valence-corrected chi connectivity index (χ2v) is 4.47. The molecule has 17 heavy (non-hydrogen) atoms. The summed E-state index contributed by atoms with van der Waals surface area (Å²) in [5.74, 6) is -1.04. The number of nitrogens with zero attached hydrogens (tertiary/aromatic N) is 2. The molecular formula is C13H11FN2O. The van der Waals surface area contributed by atoms with Crippen LogP contribution in [0.2, 0.25) is 0 Å². The third kappa shape index (κ3) is 1.39. The number of aromatic hydroxyl groups is 1. The first kappa shape index (κ1) is 10.2. The molecule has 1 fully saturated rings. The van der Waals surface area contributed by atoms with Crippen LogP contribution in [0.5, 0.6) is 5.75 Å². The first-order chi connectivity index (χ1) is 8.20. The Morgan fingerprint density at radius 2 is 2.18 bits per heavy atom. The summed E-state index contributed by atoms with van der Waals surface area (Å²) in [6.07, 6.45) is 5.09.